The molecule has 18 nitrogen and oxygen atoms in total. The minimum absolute atomic E-state index is 0. The van der Waals surface area contributed by atoms with E-state index in [1.54, 1.807) is 19.2 Å². The van der Waals surface area contributed by atoms with Crippen LogP contribution in [0.1, 0.15) is 44.4 Å². The van der Waals surface area contributed by atoms with E-state index < -0.39 is 34.4 Å². The van der Waals surface area contributed by atoms with E-state index in [9.17, 15) is 47.2 Å². The summed E-state index contributed by atoms with van der Waals surface area (Å²) in [4.78, 5) is 43.2. The van der Waals surface area contributed by atoms with E-state index >= 15 is 0 Å². The molecule has 4 aromatic rings. The van der Waals surface area contributed by atoms with Crippen molar-refractivity contribution in [3.63, 3.8) is 0 Å². The molecule has 0 aromatic carbocycles. The molecule has 4 aromatic heterocycles. The molecule has 32 heteroatoms. The van der Waals surface area contributed by atoms with E-state index in [-0.39, 0.29) is 121 Å². The maximum Gasteiger partial charge on any atom is 1.00 e. The molecule has 2 N–H and O–H groups in total. The molecule has 65 heavy (non-hydrogen) atoms. The Balaban J connectivity index is -0.0000000601. The summed E-state index contributed by atoms with van der Waals surface area (Å²) in [6.07, 6.45) is 10.1. The third-order valence-electron chi connectivity index (χ3n) is 4.51. The van der Waals surface area contributed by atoms with Gasteiger partial charge in [0.25, 0.3) is 17.1 Å². The van der Waals surface area contributed by atoms with Crippen molar-refractivity contribution in [1.29, 1.82) is 0 Å². The van der Waals surface area contributed by atoms with Gasteiger partial charge in [0.15, 0.2) is 29.7 Å². The number of hydrogen-bond donors (Lipinski definition) is 1. The van der Waals surface area contributed by atoms with E-state index in [4.69, 9.17) is 18.7 Å². The first-order valence-corrected chi connectivity index (χ1v) is 28.0. The molecular formula is C33H50ClI6N8NaO10S4V2-2. The second kappa shape index (κ2) is 58.6. The van der Waals surface area contributed by atoms with Crippen LogP contribution in [0.3, 0.4) is 0 Å². The zero-order valence-electron chi connectivity index (χ0n) is 34.4. The average Bonchev–Trinajstić information content (AvgIpc) is 3.17. The average molecular weight is 1770 g/mol. The number of pyridine rings is 4. The Labute approximate surface area is 529 Å². The Hall–Kier alpha value is 2.04. The molecule has 4 rings (SSSR count). The number of nitro groups is 3. The van der Waals surface area contributed by atoms with Crippen molar-refractivity contribution in [2.24, 2.45) is 0 Å². The first kappa shape index (κ1) is 89.9. The molecule has 0 aliphatic rings. The van der Waals surface area contributed by atoms with Gasteiger partial charge in [0, 0.05) is 69.2 Å². The number of anilines is 1. The fourth-order valence-corrected chi connectivity index (χ4v) is 3.98. The molecular weight excluding hydrogens is 1720 g/mol. The summed E-state index contributed by atoms with van der Waals surface area (Å²) < 4.78 is 54.1. The topological polar surface area (TPSA) is 275 Å². The van der Waals surface area contributed by atoms with Gasteiger partial charge in [0.05, 0.1) is 31.7 Å². The SMILES string of the molecule is C.C.C.CCI.CS(=O)(=O)c1ccc(N)cn1.CS(=O)(=O)c1ccc([N+](=O)[O-])cn1.CSc1ccc([N+](=O)[O-])cn1.C[S-].I[C-](I)I.I[CH-]I.O=[N+]([O-])c1ccc(Cl)nc1.[2H]CC.[Na+].[V].[V]. The Morgan fingerprint density at radius 1 is 0.754 bits per heavy atom. The monoisotopic (exact) mass is 1770 g/mol. The zero-order chi connectivity index (χ0) is 48.1. The number of halogens is 7. The number of sulfone groups is 2. The van der Waals surface area contributed by atoms with E-state index in [0.29, 0.717) is 12.6 Å². The smallest absolute Gasteiger partial charge is 0.796 e. The van der Waals surface area contributed by atoms with Gasteiger partial charge in [-0.1, -0.05) is 77.2 Å². The van der Waals surface area contributed by atoms with Gasteiger partial charge in [-0.2, -0.15) is 6.26 Å². The minimum Gasteiger partial charge on any atom is -0.796 e. The summed E-state index contributed by atoms with van der Waals surface area (Å²) in [6.45, 7) is 4.40. The van der Waals surface area contributed by atoms with Crippen LogP contribution < -0.4 is 35.3 Å². The number of hydrogen-bond acceptors (Lipinski definition) is 17. The second-order valence-corrected chi connectivity index (χ2v) is 28.3. The van der Waals surface area contributed by atoms with Crippen molar-refractivity contribution < 1.29 is 99.6 Å². The van der Waals surface area contributed by atoms with Crippen molar-refractivity contribution in [3.05, 3.63) is 111 Å². The van der Waals surface area contributed by atoms with Crippen LogP contribution in [0.2, 0.25) is 5.15 Å². The summed E-state index contributed by atoms with van der Waals surface area (Å²) in [5, 5.41) is 31.3. The molecule has 0 atom stereocenters. The van der Waals surface area contributed by atoms with Crippen LogP contribution in [0.4, 0.5) is 22.7 Å². The Morgan fingerprint density at radius 2 is 1.03 bits per heavy atom. The molecule has 0 amide bonds. The number of nitrogens with zero attached hydrogens (tertiary/aromatic N) is 7. The van der Waals surface area contributed by atoms with E-state index in [1.807, 2.05) is 8.69 Å². The maximum absolute atomic E-state index is 10.9. The van der Waals surface area contributed by atoms with Gasteiger partial charge in [-0.25, -0.2) is 39.2 Å². The quantitative estimate of drug-likeness (QED) is 0.0216. The fraction of sp³-hybridized carbons (Fsp3) is 0.333. The van der Waals surface area contributed by atoms with E-state index in [0.717, 1.165) is 42.1 Å². The number of alkyl halides is 1. The molecule has 0 saturated carbocycles. The van der Waals surface area contributed by atoms with Crippen LogP contribution >= 0.6 is 159 Å². The molecule has 0 unspecified atom stereocenters. The third kappa shape index (κ3) is 58.5. The Kier molecular flexibility index (Phi) is 81.0. The number of aromatic nitrogens is 4. The summed E-state index contributed by atoms with van der Waals surface area (Å²) in [5.74, 6) is 0. The van der Waals surface area contributed by atoms with Crippen LogP contribution in [0, 0.1) is 32.7 Å². The predicted octanol–water partition coefficient (Wildman–Crippen LogP) is 10.1. The Bertz CT molecular complexity index is 1970. The second-order valence-electron chi connectivity index (χ2n) is 8.56. The predicted molar refractivity (Wildman–Crippen MR) is 311 cm³/mol. The zero-order valence-corrected chi connectivity index (χ0v) is 55.1. The van der Waals surface area contributed by atoms with E-state index in [1.165, 1.54) is 58.9 Å². The number of thioether (sulfide) groups is 1. The summed E-state index contributed by atoms with van der Waals surface area (Å²) in [5.41, 5.74) is 5.52. The van der Waals surface area contributed by atoms with E-state index in [2.05, 4.69) is 175 Å². The molecule has 0 saturated heterocycles. The van der Waals surface area contributed by atoms with Gasteiger partial charge < -0.3 is 63.5 Å². The van der Waals surface area contributed by atoms with Crippen LogP contribution in [-0.4, -0.2) is 81.0 Å². The van der Waals surface area contributed by atoms with Gasteiger partial charge in [-0.3, -0.25) is 98.1 Å². The summed E-state index contributed by atoms with van der Waals surface area (Å²) in [6, 6.07) is 10.8. The first-order chi connectivity index (χ1) is 27.8. The number of nitrogen functional groups attached to an aromatic ring is 1. The summed E-state index contributed by atoms with van der Waals surface area (Å²) in [7, 11) is -6.57. The number of rotatable bonds is 6. The molecule has 368 valence electrons. The van der Waals surface area contributed by atoms with Crippen molar-refractivity contribution in [2.45, 2.75) is 58.1 Å². The van der Waals surface area contributed by atoms with Crippen molar-refractivity contribution >= 4 is 214 Å². The normalized spacial score (nSPS) is 8.69. The molecule has 0 fully saturated rings. The third-order valence-corrected chi connectivity index (χ3v) is 7.40. The van der Waals surface area contributed by atoms with Gasteiger partial charge in [0.2, 0.25) is 0 Å². The molecule has 2 radical (unpaired) electrons. The van der Waals surface area contributed by atoms with Gasteiger partial charge in [-0.15, -0.1) is 11.7 Å². The molecule has 0 aliphatic carbocycles. The molecule has 0 spiro atoms. The standard InChI is InChI=1S/C6H6N2O4S.C6H8N2O2S.C6H6N2O2S.C5H3ClN2O2.C2H5I.C2H6.CI3.CHI2.CH4S.3CH4.Na.2V/c1-13(11,12)6-3-2-5(4-7-6)8(9)10;1-11(9,10)6-3-2-5(7)4-8-6;1-11-6-3-2-5(4-7-6)8(9)10;6-5-2-1-4(3-7-5)8(9)10;1-2-3;1-2;2-1(3)4;2-1-3;1-2;;;;;;/h2-4H,1H3;2-4H,7H2,1H3;2-4H,1H3;1-3H;2H2,1H3;1-2H3;;1H;2H,1H3;3*1H4;;;/q;;;;;;2*-1;;;;;+1;;/p-1/i;;;;;1D;;;;;;;;;. The van der Waals surface area contributed by atoms with Crippen LogP contribution in [0.5, 0.6) is 0 Å². The Morgan fingerprint density at radius 3 is 1.23 bits per heavy atom. The molecule has 4 heterocycles. The summed E-state index contributed by atoms with van der Waals surface area (Å²) >= 11 is 24.2. The van der Waals surface area contributed by atoms with Crippen molar-refractivity contribution in [3.8, 4) is 0 Å². The van der Waals surface area contributed by atoms with Crippen molar-refractivity contribution in [2.75, 3.05) is 35.2 Å². The van der Waals surface area contributed by atoms with Crippen LogP contribution in [0.25, 0.3) is 0 Å². The van der Waals surface area contributed by atoms with Gasteiger partial charge in [-0.05, 0) is 41.0 Å². The maximum atomic E-state index is 10.9. The largest absolute Gasteiger partial charge is 1.00 e. The van der Waals surface area contributed by atoms with Crippen molar-refractivity contribution in [1.82, 2.24) is 19.9 Å². The van der Waals surface area contributed by atoms with Crippen LogP contribution in [0.15, 0.2) is 88.4 Å². The van der Waals surface area contributed by atoms with Gasteiger partial charge >= 0.3 is 29.6 Å². The number of nitrogens with two attached hydrogens (primary N) is 1. The molecule has 0 aliphatic heterocycles. The fourth-order valence-electron chi connectivity index (χ4n) is 2.39. The molecule has 0 bridgehead atoms. The van der Waals surface area contributed by atoms with Gasteiger partial charge in [0.1, 0.15) is 23.7 Å². The first-order valence-electron chi connectivity index (χ1n) is 15.3. The van der Waals surface area contributed by atoms with Crippen LogP contribution in [-0.2, 0) is 69.4 Å². The minimum atomic E-state index is -3.38.